The lowest BCUT2D eigenvalue weighted by molar-refractivity contribution is -0.319. The van der Waals surface area contributed by atoms with Gasteiger partial charge in [0.25, 0.3) is 0 Å². The summed E-state index contributed by atoms with van der Waals surface area (Å²) in [6.45, 7) is -1.76. The van der Waals surface area contributed by atoms with Crippen molar-refractivity contribution in [1.29, 1.82) is 0 Å². The van der Waals surface area contributed by atoms with E-state index in [1.807, 2.05) is 0 Å². The molecule has 8 atom stereocenters. The van der Waals surface area contributed by atoms with Gasteiger partial charge in [0.1, 0.15) is 64.0 Å². The number of aliphatic hydroxyl groups excluding tert-OH is 4. The number of aliphatic hydroxyl groups is 5. The molecule has 7 N–H and O–H groups in total. The molecular formula is C27H30O14. The zero-order valence-corrected chi connectivity index (χ0v) is 21.7. The highest BCUT2D eigenvalue weighted by Gasteiger charge is 2.54. The predicted octanol–water partition coefficient (Wildman–Crippen LogP) is -0.831. The highest BCUT2D eigenvalue weighted by molar-refractivity contribution is 5.86. The Labute approximate surface area is 232 Å². The molecule has 2 saturated heterocycles. The average molecular weight is 579 g/mol. The molecule has 0 saturated carbocycles. The number of hydrogen-bond acceptors (Lipinski definition) is 14. The van der Waals surface area contributed by atoms with E-state index in [9.17, 15) is 40.5 Å². The molecule has 2 aliphatic heterocycles. The maximum absolute atomic E-state index is 12.8. The summed E-state index contributed by atoms with van der Waals surface area (Å²) < 4.78 is 33.9. The summed E-state index contributed by atoms with van der Waals surface area (Å²) in [7, 11) is 1.26. The molecule has 14 heteroatoms. The maximum Gasteiger partial charge on any atom is 0.229 e. The molecule has 3 aromatic rings. The van der Waals surface area contributed by atoms with E-state index >= 15 is 0 Å². The van der Waals surface area contributed by atoms with Gasteiger partial charge in [-0.3, -0.25) is 4.79 Å². The molecule has 0 radical (unpaired) electrons. The Kier molecular flexibility index (Phi) is 8.20. The van der Waals surface area contributed by atoms with Gasteiger partial charge in [-0.05, 0) is 24.3 Å². The molecule has 0 spiro atoms. The van der Waals surface area contributed by atoms with Crippen LogP contribution in [0.2, 0.25) is 0 Å². The van der Waals surface area contributed by atoms with Gasteiger partial charge in [-0.25, -0.2) is 0 Å². The summed E-state index contributed by atoms with van der Waals surface area (Å²) in [4.78, 5) is 12.8. The minimum Gasteiger partial charge on any atom is -0.508 e. The summed E-state index contributed by atoms with van der Waals surface area (Å²) in [5.41, 5.74) is -1.94. The molecule has 14 nitrogen and oxygen atoms in total. The zero-order chi connectivity index (χ0) is 29.5. The third-order valence-electron chi connectivity index (χ3n) is 7.11. The van der Waals surface area contributed by atoms with Crippen LogP contribution in [0.1, 0.15) is 0 Å². The standard InChI is InChI=1S/C27H30O14/c1-36-24-26(37-11-27(24,35)10-29)41-23-22(34)21(33)19(9-28)40-25(23)38-14-6-15(31)20-16(32)8-17(39-18(20)7-14)12-2-4-13(30)5-3-12/h2-8,19,21-26,28-31,33-35H,9-11H2,1H3. The number of hydrogen-bond donors (Lipinski definition) is 7. The van der Waals surface area contributed by atoms with Crippen molar-refractivity contribution in [2.24, 2.45) is 0 Å². The number of phenolic OH excluding ortho intramolecular Hbond substituents is 2. The lowest BCUT2D eigenvalue weighted by Gasteiger charge is -2.42. The Morgan fingerprint density at radius 2 is 1.76 bits per heavy atom. The Balaban J connectivity index is 1.48. The van der Waals surface area contributed by atoms with Crippen molar-refractivity contribution < 1.29 is 63.8 Å². The number of aromatic hydroxyl groups is 2. The Hall–Kier alpha value is -3.31. The number of benzene rings is 2. The molecule has 2 aromatic carbocycles. The Bertz CT molecular complexity index is 1420. The SMILES string of the molecule is COC1C(OC2C(Oc3cc(O)c4c(=O)cc(-c5ccc(O)cc5)oc4c3)OC(CO)C(O)C2O)OCC1(O)CO. The van der Waals surface area contributed by atoms with E-state index in [2.05, 4.69) is 0 Å². The van der Waals surface area contributed by atoms with Gasteiger partial charge < -0.3 is 63.8 Å². The molecule has 0 amide bonds. The first-order chi connectivity index (χ1) is 19.6. The number of fused-ring (bicyclic) bond motifs is 1. The quantitative estimate of drug-likeness (QED) is 0.174. The van der Waals surface area contributed by atoms with Crippen LogP contribution in [0, 0.1) is 0 Å². The lowest BCUT2D eigenvalue weighted by Crippen LogP contribution is -2.62. The number of rotatable bonds is 8. The van der Waals surface area contributed by atoms with E-state index in [4.69, 9.17) is 28.1 Å². The molecule has 8 unspecified atom stereocenters. The third kappa shape index (κ3) is 5.49. The fraction of sp³-hybridized carbons (Fsp3) is 0.444. The van der Waals surface area contributed by atoms with Crippen LogP contribution in [0.15, 0.2) is 51.7 Å². The second kappa shape index (κ2) is 11.5. The first-order valence-electron chi connectivity index (χ1n) is 12.6. The molecule has 2 aliphatic rings. The number of phenols is 2. The number of methoxy groups -OCH3 is 1. The van der Waals surface area contributed by atoms with Crippen molar-refractivity contribution in [3.63, 3.8) is 0 Å². The Morgan fingerprint density at radius 3 is 2.41 bits per heavy atom. The molecule has 3 heterocycles. The van der Waals surface area contributed by atoms with Crippen molar-refractivity contribution in [3.8, 4) is 28.6 Å². The molecule has 0 bridgehead atoms. The molecule has 5 rings (SSSR count). The smallest absolute Gasteiger partial charge is 0.229 e. The van der Waals surface area contributed by atoms with Crippen molar-refractivity contribution in [3.05, 3.63) is 52.7 Å². The van der Waals surface area contributed by atoms with Gasteiger partial charge >= 0.3 is 0 Å². The molecule has 222 valence electrons. The lowest BCUT2D eigenvalue weighted by atomic mass is 9.98. The summed E-state index contributed by atoms with van der Waals surface area (Å²) >= 11 is 0. The maximum atomic E-state index is 12.8. The summed E-state index contributed by atoms with van der Waals surface area (Å²) in [5.74, 6) is -0.415. The third-order valence-corrected chi connectivity index (χ3v) is 7.11. The van der Waals surface area contributed by atoms with Crippen LogP contribution in [0.3, 0.4) is 0 Å². The summed E-state index contributed by atoms with van der Waals surface area (Å²) in [6, 6.07) is 9.50. The highest BCUT2D eigenvalue weighted by atomic mass is 16.8. The van der Waals surface area contributed by atoms with E-state index in [0.717, 1.165) is 6.07 Å². The van der Waals surface area contributed by atoms with E-state index < -0.39 is 73.1 Å². The summed E-state index contributed by atoms with van der Waals surface area (Å²) in [5, 5.41) is 71.2. The molecule has 1 aromatic heterocycles. The molecule has 41 heavy (non-hydrogen) atoms. The van der Waals surface area contributed by atoms with E-state index in [0.29, 0.717) is 5.56 Å². The molecular weight excluding hydrogens is 548 g/mol. The normalized spacial score (nSPS) is 31.9. The predicted molar refractivity (Wildman–Crippen MR) is 137 cm³/mol. The van der Waals surface area contributed by atoms with E-state index in [1.54, 1.807) is 0 Å². The van der Waals surface area contributed by atoms with E-state index in [1.165, 1.54) is 43.5 Å². The average Bonchev–Trinajstić information content (AvgIpc) is 3.27. The van der Waals surface area contributed by atoms with Gasteiger partial charge in [-0.15, -0.1) is 0 Å². The topological polar surface area (TPSA) is 218 Å². The van der Waals surface area contributed by atoms with Crippen molar-refractivity contribution in [2.45, 2.75) is 48.7 Å². The monoisotopic (exact) mass is 578 g/mol. The van der Waals surface area contributed by atoms with Gasteiger partial charge in [0.2, 0.25) is 6.29 Å². The largest absolute Gasteiger partial charge is 0.508 e. The fourth-order valence-electron chi connectivity index (χ4n) is 4.89. The van der Waals surface area contributed by atoms with Gasteiger partial charge in [-0.1, -0.05) is 0 Å². The van der Waals surface area contributed by atoms with E-state index in [-0.39, 0.29) is 34.8 Å². The first kappa shape index (κ1) is 29.2. The van der Waals surface area contributed by atoms with Crippen LogP contribution in [-0.2, 0) is 18.9 Å². The zero-order valence-electron chi connectivity index (χ0n) is 21.7. The number of ether oxygens (including phenoxy) is 5. The highest BCUT2D eigenvalue weighted by Crippen LogP contribution is 2.36. The van der Waals surface area contributed by atoms with Crippen molar-refractivity contribution in [2.75, 3.05) is 26.9 Å². The van der Waals surface area contributed by atoms with Gasteiger partial charge in [-0.2, -0.15) is 0 Å². The molecule has 0 aliphatic carbocycles. The van der Waals surface area contributed by atoms with Crippen molar-refractivity contribution >= 4 is 11.0 Å². The molecule has 2 fully saturated rings. The first-order valence-corrected chi connectivity index (χ1v) is 12.6. The van der Waals surface area contributed by atoms with Crippen LogP contribution in [0.25, 0.3) is 22.3 Å². The minimum absolute atomic E-state index is 0.0174. The second-order valence-corrected chi connectivity index (χ2v) is 9.86. The van der Waals surface area contributed by atoms with Gasteiger partial charge in [0.05, 0.1) is 19.8 Å². The second-order valence-electron chi connectivity index (χ2n) is 9.86. The van der Waals surface area contributed by atoms with Gasteiger partial charge in [0, 0.05) is 30.9 Å². The Morgan fingerprint density at radius 1 is 1.02 bits per heavy atom. The van der Waals surface area contributed by atoms with Crippen LogP contribution in [-0.4, -0.2) is 111 Å². The van der Waals surface area contributed by atoms with Crippen LogP contribution >= 0.6 is 0 Å². The summed E-state index contributed by atoms with van der Waals surface area (Å²) in [6.07, 6.45) is -10.1. The minimum atomic E-state index is -1.81. The van der Waals surface area contributed by atoms with Crippen molar-refractivity contribution in [1.82, 2.24) is 0 Å². The van der Waals surface area contributed by atoms with Crippen LogP contribution in [0.4, 0.5) is 0 Å². The fourth-order valence-corrected chi connectivity index (χ4v) is 4.89. The van der Waals surface area contributed by atoms with Crippen LogP contribution < -0.4 is 10.2 Å². The van der Waals surface area contributed by atoms with Gasteiger partial charge in [0.15, 0.2) is 17.8 Å². The van der Waals surface area contributed by atoms with Crippen LogP contribution in [0.5, 0.6) is 17.2 Å².